The van der Waals surface area contributed by atoms with Crippen LogP contribution in [0.25, 0.3) is 0 Å². The molecule has 0 amide bonds. The zero-order valence-electron chi connectivity index (χ0n) is 11.8. The van der Waals surface area contributed by atoms with Crippen LogP contribution in [0.15, 0.2) is 16.3 Å². The fraction of sp³-hybridized carbons (Fsp3) is 0.667. The van der Waals surface area contributed by atoms with E-state index in [4.69, 9.17) is 0 Å². The standard InChI is InChI=1S/C12H20N2O4S3/c1-2-5-13-8-11-12(3-6-19-11)21(17,18)14-10-4-7-20(15,16)9-10/h3,6,10,13-14H,2,4-5,7-9H2,1H3. The van der Waals surface area contributed by atoms with Crippen molar-refractivity contribution in [2.45, 2.75) is 37.2 Å². The lowest BCUT2D eigenvalue weighted by Gasteiger charge is -2.12. The first-order valence-electron chi connectivity index (χ1n) is 6.84. The van der Waals surface area contributed by atoms with Crippen LogP contribution in [0.4, 0.5) is 0 Å². The van der Waals surface area contributed by atoms with Gasteiger partial charge in [0.1, 0.15) is 0 Å². The molecular weight excluding hydrogens is 332 g/mol. The minimum atomic E-state index is -3.66. The molecule has 1 atom stereocenters. The molecule has 1 fully saturated rings. The Morgan fingerprint density at radius 2 is 2.19 bits per heavy atom. The van der Waals surface area contributed by atoms with Crippen LogP contribution in [-0.2, 0) is 26.4 Å². The Hall–Kier alpha value is -0.480. The van der Waals surface area contributed by atoms with Crippen LogP contribution in [0.3, 0.4) is 0 Å². The quantitative estimate of drug-likeness (QED) is 0.705. The number of hydrogen-bond acceptors (Lipinski definition) is 6. The third-order valence-electron chi connectivity index (χ3n) is 3.26. The summed E-state index contributed by atoms with van der Waals surface area (Å²) in [7, 11) is -6.76. The van der Waals surface area contributed by atoms with E-state index in [0.29, 0.717) is 13.0 Å². The number of nitrogens with one attached hydrogen (secondary N) is 2. The number of rotatable bonds is 7. The first-order valence-corrected chi connectivity index (χ1v) is 11.0. The second-order valence-corrected chi connectivity index (χ2v) is 10.0. The van der Waals surface area contributed by atoms with Gasteiger partial charge >= 0.3 is 0 Å². The van der Waals surface area contributed by atoms with Gasteiger partial charge in [-0.05, 0) is 30.8 Å². The van der Waals surface area contributed by atoms with Crippen LogP contribution < -0.4 is 10.0 Å². The Bertz CT molecular complexity index is 679. The fourth-order valence-electron chi connectivity index (χ4n) is 2.25. The summed E-state index contributed by atoms with van der Waals surface area (Å²) in [5, 5.41) is 4.92. The van der Waals surface area contributed by atoms with Crippen molar-refractivity contribution >= 4 is 31.2 Å². The molecule has 1 saturated heterocycles. The van der Waals surface area contributed by atoms with Crippen molar-refractivity contribution < 1.29 is 16.8 Å². The van der Waals surface area contributed by atoms with Crippen molar-refractivity contribution in [1.29, 1.82) is 0 Å². The molecule has 0 spiro atoms. The van der Waals surface area contributed by atoms with Gasteiger partial charge in [-0.2, -0.15) is 0 Å². The molecule has 1 unspecified atom stereocenters. The van der Waals surface area contributed by atoms with Gasteiger partial charge in [0.15, 0.2) is 9.84 Å². The van der Waals surface area contributed by atoms with Crippen molar-refractivity contribution in [2.24, 2.45) is 0 Å². The third kappa shape index (κ3) is 4.49. The van der Waals surface area contributed by atoms with Crippen LogP contribution in [-0.4, -0.2) is 40.9 Å². The first kappa shape index (κ1) is 16.9. The molecule has 2 heterocycles. The molecule has 2 N–H and O–H groups in total. The summed E-state index contributed by atoms with van der Waals surface area (Å²) in [6, 6.07) is 1.05. The Morgan fingerprint density at radius 3 is 2.81 bits per heavy atom. The van der Waals surface area contributed by atoms with E-state index >= 15 is 0 Å². The monoisotopic (exact) mass is 352 g/mol. The highest BCUT2D eigenvalue weighted by Crippen LogP contribution is 2.23. The Kier molecular flexibility index (Phi) is 5.42. The van der Waals surface area contributed by atoms with Gasteiger partial charge in [0.05, 0.1) is 16.4 Å². The van der Waals surface area contributed by atoms with Crippen molar-refractivity contribution in [2.75, 3.05) is 18.1 Å². The van der Waals surface area contributed by atoms with Crippen molar-refractivity contribution in [3.8, 4) is 0 Å². The third-order valence-corrected chi connectivity index (χ3v) is 7.68. The summed E-state index contributed by atoms with van der Waals surface area (Å²) in [6.07, 6.45) is 1.32. The van der Waals surface area contributed by atoms with Gasteiger partial charge < -0.3 is 5.32 Å². The molecule has 0 saturated carbocycles. The van der Waals surface area contributed by atoms with Crippen LogP contribution in [0.1, 0.15) is 24.6 Å². The molecule has 1 aromatic heterocycles. The average Bonchev–Trinajstić information content (AvgIpc) is 2.96. The molecular formula is C12H20N2O4S3. The van der Waals surface area contributed by atoms with Gasteiger partial charge in [0, 0.05) is 17.5 Å². The molecule has 0 aliphatic carbocycles. The molecule has 1 aliphatic heterocycles. The smallest absolute Gasteiger partial charge is 0.242 e. The predicted molar refractivity (Wildman–Crippen MR) is 83.7 cm³/mol. The van der Waals surface area contributed by atoms with E-state index in [1.54, 1.807) is 11.4 Å². The van der Waals surface area contributed by atoms with E-state index in [-0.39, 0.29) is 16.4 Å². The van der Waals surface area contributed by atoms with E-state index in [2.05, 4.69) is 10.0 Å². The Morgan fingerprint density at radius 1 is 1.43 bits per heavy atom. The minimum Gasteiger partial charge on any atom is -0.312 e. The predicted octanol–water partition coefficient (Wildman–Crippen LogP) is 0.713. The summed E-state index contributed by atoms with van der Waals surface area (Å²) in [4.78, 5) is 0.997. The highest BCUT2D eigenvalue weighted by molar-refractivity contribution is 7.92. The topological polar surface area (TPSA) is 92.3 Å². The summed E-state index contributed by atoms with van der Waals surface area (Å²) >= 11 is 1.38. The Labute approximate surface area is 129 Å². The number of sulfone groups is 1. The van der Waals surface area contributed by atoms with Crippen LogP contribution in [0.5, 0.6) is 0 Å². The molecule has 0 bridgehead atoms. The molecule has 6 nitrogen and oxygen atoms in total. The second-order valence-electron chi connectivity index (χ2n) is 5.11. The molecule has 120 valence electrons. The van der Waals surface area contributed by atoms with Gasteiger partial charge in [-0.1, -0.05) is 6.92 Å². The van der Waals surface area contributed by atoms with E-state index in [1.165, 1.54) is 11.3 Å². The highest BCUT2D eigenvalue weighted by atomic mass is 32.2. The van der Waals surface area contributed by atoms with Crippen LogP contribution >= 0.6 is 11.3 Å². The lowest BCUT2D eigenvalue weighted by Crippen LogP contribution is -2.36. The lowest BCUT2D eigenvalue weighted by atomic mass is 10.3. The number of hydrogen-bond donors (Lipinski definition) is 2. The van der Waals surface area contributed by atoms with Gasteiger partial charge in [-0.25, -0.2) is 21.6 Å². The maximum absolute atomic E-state index is 12.4. The first-order chi connectivity index (χ1) is 9.84. The van der Waals surface area contributed by atoms with Crippen molar-refractivity contribution in [3.63, 3.8) is 0 Å². The molecule has 0 aromatic carbocycles. The SMILES string of the molecule is CCCNCc1sccc1S(=O)(=O)NC1CCS(=O)(=O)C1. The summed E-state index contributed by atoms with van der Waals surface area (Å²) in [6.45, 7) is 3.37. The Balaban J connectivity index is 2.08. The van der Waals surface area contributed by atoms with E-state index in [9.17, 15) is 16.8 Å². The largest absolute Gasteiger partial charge is 0.312 e. The van der Waals surface area contributed by atoms with E-state index < -0.39 is 25.9 Å². The minimum absolute atomic E-state index is 0.0503. The fourth-order valence-corrected chi connectivity index (χ4v) is 6.71. The van der Waals surface area contributed by atoms with Crippen LogP contribution in [0, 0.1) is 0 Å². The molecule has 1 aliphatic rings. The molecule has 0 radical (unpaired) electrons. The lowest BCUT2D eigenvalue weighted by molar-refractivity contribution is 0.561. The zero-order valence-corrected chi connectivity index (χ0v) is 14.3. The maximum Gasteiger partial charge on any atom is 0.242 e. The number of sulfonamides is 1. The summed E-state index contributed by atoms with van der Waals surface area (Å²) < 4.78 is 50.1. The maximum atomic E-state index is 12.4. The van der Waals surface area contributed by atoms with Gasteiger partial charge in [-0.3, -0.25) is 0 Å². The van der Waals surface area contributed by atoms with E-state index in [1.807, 2.05) is 6.92 Å². The van der Waals surface area contributed by atoms with Gasteiger partial charge in [-0.15, -0.1) is 11.3 Å². The van der Waals surface area contributed by atoms with E-state index in [0.717, 1.165) is 17.8 Å². The second kappa shape index (κ2) is 6.74. The molecule has 21 heavy (non-hydrogen) atoms. The summed E-state index contributed by atoms with van der Waals surface area (Å²) in [5.74, 6) is -0.0610. The highest BCUT2D eigenvalue weighted by Gasteiger charge is 2.32. The zero-order chi connectivity index (χ0) is 15.5. The van der Waals surface area contributed by atoms with Crippen molar-refractivity contribution in [3.05, 3.63) is 16.3 Å². The summed E-state index contributed by atoms with van der Waals surface area (Å²) in [5.41, 5.74) is 0. The molecule has 9 heteroatoms. The van der Waals surface area contributed by atoms with Crippen LogP contribution in [0.2, 0.25) is 0 Å². The van der Waals surface area contributed by atoms with Gasteiger partial charge in [0.25, 0.3) is 0 Å². The average molecular weight is 353 g/mol. The molecule has 2 rings (SSSR count). The van der Waals surface area contributed by atoms with Gasteiger partial charge in [0.2, 0.25) is 10.0 Å². The normalized spacial score (nSPS) is 21.7. The molecule has 1 aromatic rings. The van der Waals surface area contributed by atoms with Crippen molar-refractivity contribution in [1.82, 2.24) is 10.0 Å². The number of thiophene rings is 1.